The number of hydrogen-bond donors (Lipinski definition) is 1. The van der Waals surface area contributed by atoms with Crippen molar-refractivity contribution < 1.29 is 9.18 Å². The van der Waals surface area contributed by atoms with Gasteiger partial charge >= 0.3 is 0 Å². The Morgan fingerprint density at radius 1 is 1.30 bits per heavy atom. The number of nitrogens with zero attached hydrogens (tertiary/aromatic N) is 1. The van der Waals surface area contributed by atoms with Crippen molar-refractivity contribution in [3.05, 3.63) is 35.6 Å². The third-order valence-corrected chi connectivity index (χ3v) is 3.98. The standard InChI is InChI=1S/C16H23FN2O/c1-19(12-14-2-5-15(17)6-3-14)16(20)7-4-13-8-10-18-11-9-13/h2-3,5-6,13,18H,4,7-12H2,1H3. The normalized spacial score (nSPS) is 16.1. The van der Waals surface area contributed by atoms with Crippen LogP contribution in [-0.4, -0.2) is 30.9 Å². The Hall–Kier alpha value is -1.42. The largest absolute Gasteiger partial charge is 0.341 e. The number of halogens is 1. The summed E-state index contributed by atoms with van der Waals surface area (Å²) >= 11 is 0. The van der Waals surface area contributed by atoms with Gasteiger partial charge in [-0.05, 0) is 56.0 Å². The van der Waals surface area contributed by atoms with Gasteiger partial charge in [-0.3, -0.25) is 4.79 Å². The maximum absolute atomic E-state index is 12.8. The molecule has 1 N–H and O–H groups in total. The minimum Gasteiger partial charge on any atom is -0.341 e. The molecule has 0 aliphatic carbocycles. The number of amides is 1. The second kappa shape index (κ2) is 7.39. The van der Waals surface area contributed by atoms with E-state index in [0.717, 1.165) is 25.1 Å². The Morgan fingerprint density at radius 2 is 1.95 bits per heavy atom. The predicted octanol–water partition coefficient (Wildman–Crippen LogP) is 2.56. The molecule has 1 amide bonds. The Kier molecular flexibility index (Phi) is 5.53. The minimum atomic E-state index is -0.242. The number of rotatable bonds is 5. The number of piperidine rings is 1. The molecule has 1 aromatic rings. The number of hydrogen-bond acceptors (Lipinski definition) is 2. The van der Waals surface area contributed by atoms with Crippen LogP contribution in [-0.2, 0) is 11.3 Å². The SMILES string of the molecule is CN(Cc1ccc(F)cc1)C(=O)CCC1CCNCC1. The number of carbonyl (C=O) groups is 1. The molecule has 4 heteroatoms. The fourth-order valence-corrected chi connectivity index (χ4v) is 2.64. The molecule has 0 atom stereocenters. The second-order valence-corrected chi connectivity index (χ2v) is 5.61. The summed E-state index contributed by atoms with van der Waals surface area (Å²) in [5.41, 5.74) is 0.962. The molecule has 20 heavy (non-hydrogen) atoms. The van der Waals surface area contributed by atoms with Gasteiger partial charge in [0.2, 0.25) is 5.91 Å². The predicted molar refractivity (Wildman–Crippen MR) is 77.7 cm³/mol. The molecular weight excluding hydrogens is 255 g/mol. The van der Waals surface area contributed by atoms with Crippen molar-refractivity contribution in [1.82, 2.24) is 10.2 Å². The molecule has 1 heterocycles. The Balaban J connectivity index is 1.75. The van der Waals surface area contributed by atoms with Gasteiger partial charge in [0, 0.05) is 20.0 Å². The highest BCUT2D eigenvalue weighted by molar-refractivity contribution is 5.75. The van der Waals surface area contributed by atoms with Crippen molar-refractivity contribution in [1.29, 1.82) is 0 Å². The molecule has 1 aliphatic heterocycles. The van der Waals surface area contributed by atoms with Gasteiger partial charge in [0.05, 0.1) is 0 Å². The van der Waals surface area contributed by atoms with E-state index in [1.807, 2.05) is 7.05 Å². The second-order valence-electron chi connectivity index (χ2n) is 5.61. The zero-order valence-electron chi connectivity index (χ0n) is 12.1. The Labute approximate surface area is 120 Å². The van der Waals surface area contributed by atoms with E-state index >= 15 is 0 Å². The lowest BCUT2D eigenvalue weighted by molar-refractivity contribution is -0.130. The van der Waals surface area contributed by atoms with Gasteiger partial charge in [-0.15, -0.1) is 0 Å². The van der Waals surface area contributed by atoms with Gasteiger partial charge in [-0.25, -0.2) is 4.39 Å². The van der Waals surface area contributed by atoms with Gasteiger partial charge in [0.1, 0.15) is 5.82 Å². The lowest BCUT2D eigenvalue weighted by Crippen LogP contribution is -2.30. The Morgan fingerprint density at radius 3 is 2.60 bits per heavy atom. The van der Waals surface area contributed by atoms with Crippen molar-refractivity contribution in [2.24, 2.45) is 5.92 Å². The van der Waals surface area contributed by atoms with Gasteiger partial charge < -0.3 is 10.2 Å². The molecule has 0 bridgehead atoms. The minimum absolute atomic E-state index is 0.174. The first-order valence-corrected chi connectivity index (χ1v) is 7.34. The molecule has 0 aromatic heterocycles. The average molecular weight is 278 g/mol. The van der Waals surface area contributed by atoms with Crippen molar-refractivity contribution in [3.8, 4) is 0 Å². The van der Waals surface area contributed by atoms with E-state index in [9.17, 15) is 9.18 Å². The summed E-state index contributed by atoms with van der Waals surface area (Å²) in [6.07, 6.45) is 3.94. The monoisotopic (exact) mass is 278 g/mol. The zero-order valence-corrected chi connectivity index (χ0v) is 12.1. The fraction of sp³-hybridized carbons (Fsp3) is 0.562. The molecule has 0 unspecified atom stereocenters. The maximum Gasteiger partial charge on any atom is 0.222 e. The topological polar surface area (TPSA) is 32.3 Å². The van der Waals surface area contributed by atoms with Crippen LogP contribution < -0.4 is 5.32 Å². The summed E-state index contributed by atoms with van der Waals surface area (Å²) in [5.74, 6) is 0.612. The summed E-state index contributed by atoms with van der Waals surface area (Å²) in [6, 6.07) is 6.32. The molecule has 0 radical (unpaired) electrons. The molecule has 1 aliphatic rings. The Bertz CT molecular complexity index is 427. The van der Waals surface area contributed by atoms with Crippen LogP contribution in [0.2, 0.25) is 0 Å². The van der Waals surface area contributed by atoms with Crippen molar-refractivity contribution in [2.75, 3.05) is 20.1 Å². The van der Waals surface area contributed by atoms with Gasteiger partial charge in [0.25, 0.3) is 0 Å². The number of nitrogens with one attached hydrogen (secondary N) is 1. The highest BCUT2D eigenvalue weighted by atomic mass is 19.1. The summed E-state index contributed by atoms with van der Waals surface area (Å²) in [5, 5.41) is 3.34. The third-order valence-electron chi connectivity index (χ3n) is 3.98. The number of carbonyl (C=O) groups excluding carboxylic acids is 1. The average Bonchev–Trinajstić information content (AvgIpc) is 2.48. The first-order chi connectivity index (χ1) is 9.65. The van der Waals surface area contributed by atoms with Gasteiger partial charge in [-0.1, -0.05) is 12.1 Å². The first-order valence-electron chi connectivity index (χ1n) is 7.34. The van der Waals surface area contributed by atoms with E-state index in [-0.39, 0.29) is 11.7 Å². The fourth-order valence-electron chi connectivity index (χ4n) is 2.64. The van der Waals surface area contributed by atoms with E-state index in [1.54, 1.807) is 17.0 Å². The van der Waals surface area contributed by atoms with Crippen LogP contribution in [0.3, 0.4) is 0 Å². The molecule has 2 rings (SSSR count). The molecule has 3 nitrogen and oxygen atoms in total. The molecule has 1 fully saturated rings. The number of benzene rings is 1. The lowest BCUT2D eigenvalue weighted by atomic mass is 9.93. The van der Waals surface area contributed by atoms with Gasteiger partial charge in [-0.2, -0.15) is 0 Å². The highest BCUT2D eigenvalue weighted by Crippen LogP contribution is 2.18. The molecule has 0 saturated carbocycles. The van der Waals surface area contributed by atoms with Crippen LogP contribution in [0.5, 0.6) is 0 Å². The van der Waals surface area contributed by atoms with Crippen LogP contribution in [0, 0.1) is 11.7 Å². The zero-order chi connectivity index (χ0) is 14.4. The first kappa shape index (κ1) is 15.0. The third kappa shape index (κ3) is 4.60. The summed E-state index contributed by atoms with van der Waals surface area (Å²) in [4.78, 5) is 13.8. The molecule has 1 aromatic carbocycles. The van der Waals surface area contributed by atoms with Crippen LogP contribution in [0.1, 0.15) is 31.2 Å². The van der Waals surface area contributed by atoms with Crippen LogP contribution in [0.4, 0.5) is 4.39 Å². The summed E-state index contributed by atoms with van der Waals surface area (Å²) in [7, 11) is 1.81. The maximum atomic E-state index is 12.8. The summed E-state index contributed by atoms with van der Waals surface area (Å²) in [6.45, 7) is 2.69. The smallest absolute Gasteiger partial charge is 0.222 e. The highest BCUT2D eigenvalue weighted by Gasteiger charge is 2.16. The van der Waals surface area contributed by atoms with Crippen LogP contribution in [0.25, 0.3) is 0 Å². The van der Waals surface area contributed by atoms with Crippen LogP contribution >= 0.6 is 0 Å². The van der Waals surface area contributed by atoms with Gasteiger partial charge in [0.15, 0.2) is 0 Å². The molecule has 1 saturated heterocycles. The van der Waals surface area contributed by atoms with Crippen molar-refractivity contribution in [2.45, 2.75) is 32.2 Å². The van der Waals surface area contributed by atoms with Crippen LogP contribution in [0.15, 0.2) is 24.3 Å². The van der Waals surface area contributed by atoms with Crippen molar-refractivity contribution >= 4 is 5.91 Å². The lowest BCUT2D eigenvalue weighted by Gasteiger charge is -2.23. The van der Waals surface area contributed by atoms with E-state index in [2.05, 4.69) is 5.32 Å². The molecular formula is C16H23FN2O. The van der Waals surface area contributed by atoms with E-state index < -0.39 is 0 Å². The van der Waals surface area contributed by atoms with E-state index in [4.69, 9.17) is 0 Å². The molecule has 110 valence electrons. The van der Waals surface area contributed by atoms with E-state index in [0.29, 0.717) is 18.9 Å². The quantitative estimate of drug-likeness (QED) is 0.898. The summed E-state index contributed by atoms with van der Waals surface area (Å²) < 4.78 is 12.8. The van der Waals surface area contributed by atoms with Crippen molar-refractivity contribution in [3.63, 3.8) is 0 Å². The van der Waals surface area contributed by atoms with E-state index in [1.165, 1.54) is 25.0 Å². The molecule has 0 spiro atoms.